The van der Waals surface area contributed by atoms with Gasteiger partial charge in [-0.25, -0.2) is 0 Å². The van der Waals surface area contributed by atoms with Gasteiger partial charge in [0.1, 0.15) is 5.78 Å². The number of carbonyl (C=O) groups is 2. The third-order valence-electron chi connectivity index (χ3n) is 5.11. The molecule has 0 radical (unpaired) electrons. The number of ketones is 1. The Morgan fingerprint density at radius 1 is 1.22 bits per heavy atom. The molecule has 0 saturated heterocycles. The van der Waals surface area contributed by atoms with Crippen molar-refractivity contribution in [2.45, 2.75) is 66.2 Å². The fourth-order valence-corrected chi connectivity index (χ4v) is 3.17. The molecule has 0 bridgehead atoms. The van der Waals surface area contributed by atoms with Crippen LogP contribution in [0.5, 0.6) is 0 Å². The van der Waals surface area contributed by atoms with Gasteiger partial charge in [0.15, 0.2) is 0 Å². The summed E-state index contributed by atoms with van der Waals surface area (Å²) < 4.78 is 0. The topological polar surface area (TPSA) is 54.4 Å². The van der Waals surface area contributed by atoms with E-state index in [1.54, 1.807) is 6.92 Å². The van der Waals surface area contributed by atoms with Gasteiger partial charge in [0.05, 0.1) is 5.41 Å². The van der Waals surface area contributed by atoms with E-state index in [4.69, 9.17) is 0 Å². The summed E-state index contributed by atoms with van der Waals surface area (Å²) in [6, 6.07) is 0. The predicted molar refractivity (Wildman–Crippen MR) is 71.4 cm³/mol. The predicted octanol–water partition coefficient (Wildman–Crippen LogP) is 3.66. The van der Waals surface area contributed by atoms with E-state index in [0.717, 1.165) is 25.7 Å². The van der Waals surface area contributed by atoms with Crippen LogP contribution in [-0.2, 0) is 9.59 Å². The first kappa shape index (κ1) is 15.2. The molecule has 1 rings (SSSR count). The normalized spacial score (nSPS) is 30.3. The van der Waals surface area contributed by atoms with Crippen LogP contribution in [0.3, 0.4) is 0 Å². The van der Waals surface area contributed by atoms with Gasteiger partial charge < -0.3 is 5.11 Å². The zero-order chi connectivity index (χ0) is 14.0. The summed E-state index contributed by atoms with van der Waals surface area (Å²) in [6.45, 7) is 7.78. The Kier molecular flexibility index (Phi) is 4.57. The van der Waals surface area contributed by atoms with E-state index < -0.39 is 16.8 Å². The van der Waals surface area contributed by atoms with E-state index in [1.807, 2.05) is 13.8 Å². The van der Waals surface area contributed by atoms with Gasteiger partial charge in [-0.15, -0.1) is 0 Å². The van der Waals surface area contributed by atoms with Crippen LogP contribution in [-0.4, -0.2) is 16.9 Å². The minimum atomic E-state index is -0.767. The number of carboxylic acid groups (broad SMARTS) is 1. The number of carbonyl (C=O) groups excluding carboxylic acids is 1. The minimum Gasteiger partial charge on any atom is -0.481 e. The molecule has 1 N–H and O–H groups in total. The second kappa shape index (κ2) is 5.41. The summed E-state index contributed by atoms with van der Waals surface area (Å²) in [6.07, 6.45) is 5.06. The van der Waals surface area contributed by atoms with E-state index >= 15 is 0 Å². The Hall–Kier alpha value is -0.860. The molecule has 0 amide bonds. The van der Waals surface area contributed by atoms with Crippen LogP contribution in [0.25, 0.3) is 0 Å². The maximum atomic E-state index is 12.3. The third-order valence-corrected chi connectivity index (χ3v) is 5.11. The van der Waals surface area contributed by atoms with Crippen molar-refractivity contribution in [2.24, 2.45) is 16.7 Å². The maximum Gasteiger partial charge on any atom is 0.309 e. The number of unbranched alkanes of at least 4 members (excludes halogenated alkanes) is 2. The highest BCUT2D eigenvalue weighted by Gasteiger charge is 2.57. The van der Waals surface area contributed by atoms with Gasteiger partial charge >= 0.3 is 5.97 Å². The largest absolute Gasteiger partial charge is 0.481 e. The molecule has 3 heteroatoms. The first-order chi connectivity index (χ1) is 8.27. The second-order valence-electron chi connectivity index (χ2n) is 6.37. The lowest BCUT2D eigenvalue weighted by Gasteiger charge is -2.37. The molecule has 0 aromatic rings. The van der Waals surface area contributed by atoms with Crippen LogP contribution in [0.15, 0.2) is 0 Å². The van der Waals surface area contributed by atoms with Crippen molar-refractivity contribution in [3.05, 3.63) is 0 Å². The molecule has 104 valence electrons. The molecule has 2 atom stereocenters. The zero-order valence-corrected chi connectivity index (χ0v) is 12.1. The Morgan fingerprint density at radius 3 is 2.28 bits per heavy atom. The number of rotatable bonds is 6. The van der Waals surface area contributed by atoms with Crippen LogP contribution < -0.4 is 0 Å². The van der Waals surface area contributed by atoms with E-state index in [9.17, 15) is 14.7 Å². The van der Waals surface area contributed by atoms with Gasteiger partial charge in [0.25, 0.3) is 0 Å². The number of hydrogen-bond acceptors (Lipinski definition) is 2. The average molecular weight is 254 g/mol. The number of carboxylic acids is 1. The van der Waals surface area contributed by atoms with E-state index in [-0.39, 0.29) is 11.7 Å². The van der Waals surface area contributed by atoms with Crippen molar-refractivity contribution < 1.29 is 14.7 Å². The third kappa shape index (κ3) is 2.45. The Bertz CT molecular complexity index is 333. The molecule has 1 aliphatic carbocycles. The van der Waals surface area contributed by atoms with Gasteiger partial charge in [0, 0.05) is 12.3 Å². The van der Waals surface area contributed by atoms with Crippen molar-refractivity contribution in [3.8, 4) is 0 Å². The molecule has 0 aromatic heterocycles. The van der Waals surface area contributed by atoms with Crippen molar-refractivity contribution in [1.82, 2.24) is 0 Å². The summed E-state index contributed by atoms with van der Waals surface area (Å²) in [4.78, 5) is 23.7. The smallest absolute Gasteiger partial charge is 0.309 e. The summed E-state index contributed by atoms with van der Waals surface area (Å²) in [5.41, 5.74) is -1.21. The van der Waals surface area contributed by atoms with Gasteiger partial charge in [-0.05, 0) is 31.6 Å². The molecule has 1 fully saturated rings. The molecule has 0 spiro atoms. The molecule has 0 unspecified atom stereocenters. The fourth-order valence-electron chi connectivity index (χ4n) is 3.17. The number of aliphatic carboxylic acids is 1. The molecular weight excluding hydrogens is 228 g/mol. The van der Waals surface area contributed by atoms with Crippen LogP contribution >= 0.6 is 0 Å². The molecule has 1 saturated carbocycles. The van der Waals surface area contributed by atoms with Gasteiger partial charge in [-0.1, -0.05) is 33.6 Å². The molecule has 18 heavy (non-hydrogen) atoms. The van der Waals surface area contributed by atoms with Crippen molar-refractivity contribution in [1.29, 1.82) is 0 Å². The Morgan fingerprint density at radius 2 is 1.83 bits per heavy atom. The highest BCUT2D eigenvalue weighted by atomic mass is 16.4. The van der Waals surface area contributed by atoms with Crippen molar-refractivity contribution >= 4 is 11.8 Å². The molecule has 0 aliphatic heterocycles. The molecule has 0 aromatic carbocycles. The van der Waals surface area contributed by atoms with Crippen LogP contribution in [0.2, 0.25) is 0 Å². The second-order valence-corrected chi connectivity index (χ2v) is 6.37. The number of Topliss-reactive ketones (excluding diaryl/α,β-unsaturated/α-hetero) is 1. The summed E-state index contributed by atoms with van der Waals surface area (Å²) in [5.74, 6) is -0.592. The molecule has 0 heterocycles. The summed E-state index contributed by atoms with van der Waals surface area (Å²) in [5, 5.41) is 9.41. The van der Waals surface area contributed by atoms with Crippen LogP contribution in [0, 0.1) is 16.7 Å². The zero-order valence-electron chi connectivity index (χ0n) is 12.1. The Labute approximate surface area is 110 Å². The quantitative estimate of drug-likeness (QED) is 0.736. The van der Waals surface area contributed by atoms with E-state index in [2.05, 4.69) is 6.92 Å². The van der Waals surface area contributed by atoms with Gasteiger partial charge in [-0.3, -0.25) is 9.59 Å². The van der Waals surface area contributed by atoms with Gasteiger partial charge in [0.2, 0.25) is 0 Å². The maximum absolute atomic E-state index is 12.3. The minimum absolute atomic E-state index is 0.0875. The van der Waals surface area contributed by atoms with Crippen LogP contribution in [0.4, 0.5) is 0 Å². The Balaban J connectivity index is 2.75. The lowest BCUT2D eigenvalue weighted by Crippen LogP contribution is -2.42. The first-order valence-corrected chi connectivity index (χ1v) is 7.03. The lowest BCUT2D eigenvalue weighted by atomic mass is 9.64. The van der Waals surface area contributed by atoms with Crippen LogP contribution in [0.1, 0.15) is 66.2 Å². The molecular formula is C15H26O3. The number of hydrogen-bond donors (Lipinski definition) is 1. The average Bonchev–Trinajstić information content (AvgIpc) is 2.52. The monoisotopic (exact) mass is 254 g/mol. The SMILES string of the molecule is CCCCCC(=O)[C@H]1CC[C@@](C)(C(=O)O)C1(C)C. The van der Waals surface area contributed by atoms with E-state index in [0.29, 0.717) is 12.8 Å². The van der Waals surface area contributed by atoms with Gasteiger partial charge in [-0.2, -0.15) is 0 Å². The molecule has 3 nitrogen and oxygen atoms in total. The standard InChI is InChI=1S/C15H26O3/c1-5-6-7-8-12(16)11-9-10-15(4,13(17)18)14(11,2)3/h11H,5-10H2,1-4H3,(H,17,18)/t11-,15+/m1/s1. The first-order valence-electron chi connectivity index (χ1n) is 7.03. The summed E-state index contributed by atoms with van der Waals surface area (Å²) >= 11 is 0. The fraction of sp³-hybridized carbons (Fsp3) is 0.867. The highest BCUT2D eigenvalue weighted by molar-refractivity contribution is 5.85. The lowest BCUT2D eigenvalue weighted by molar-refractivity contribution is -0.155. The summed E-state index contributed by atoms with van der Waals surface area (Å²) in [7, 11) is 0. The van der Waals surface area contributed by atoms with Crippen molar-refractivity contribution in [3.63, 3.8) is 0 Å². The highest BCUT2D eigenvalue weighted by Crippen LogP contribution is 2.56. The van der Waals surface area contributed by atoms with E-state index in [1.165, 1.54) is 0 Å². The van der Waals surface area contributed by atoms with Crippen molar-refractivity contribution in [2.75, 3.05) is 0 Å². The molecule has 1 aliphatic rings.